The van der Waals surface area contributed by atoms with Gasteiger partial charge in [0.15, 0.2) is 5.78 Å². The minimum atomic E-state index is 0.0845. The first-order chi connectivity index (χ1) is 6.02. The molecule has 0 unspecified atom stereocenters. The summed E-state index contributed by atoms with van der Waals surface area (Å²) in [7, 11) is 0. The van der Waals surface area contributed by atoms with E-state index >= 15 is 0 Å². The summed E-state index contributed by atoms with van der Waals surface area (Å²) in [6, 6.07) is 0. The number of aromatic nitrogens is 2. The molecule has 0 spiro atoms. The molecule has 0 radical (unpaired) electrons. The maximum Gasteiger partial charge on any atom is 0.177 e. The fraction of sp³-hybridized carbons (Fsp3) is 0.600. The molecule has 0 amide bonds. The summed E-state index contributed by atoms with van der Waals surface area (Å²) in [6.45, 7) is 8.62. The molecular weight excluding hydrogens is 164 g/mol. The first-order valence-corrected chi connectivity index (χ1v) is 4.55. The van der Waals surface area contributed by atoms with Crippen LogP contribution in [0, 0.1) is 12.8 Å². The molecule has 1 aromatic heterocycles. The van der Waals surface area contributed by atoms with Gasteiger partial charge in [-0.15, -0.1) is 0 Å². The Kier molecular flexibility index (Phi) is 2.86. The molecule has 1 heterocycles. The number of carbonyl (C=O) groups excluding carboxylic acids is 1. The van der Waals surface area contributed by atoms with E-state index < -0.39 is 0 Å². The van der Waals surface area contributed by atoms with Gasteiger partial charge in [-0.3, -0.25) is 4.79 Å². The standard InChI is InChI=1S/C10H16N2O/c1-7(2)6-12-9(4)11-5-10(12)8(3)13/h5,7H,6H2,1-4H3. The van der Waals surface area contributed by atoms with Gasteiger partial charge in [0.05, 0.1) is 6.20 Å². The Morgan fingerprint density at radius 3 is 2.69 bits per heavy atom. The second-order valence-corrected chi connectivity index (χ2v) is 3.75. The lowest BCUT2D eigenvalue weighted by Gasteiger charge is -2.10. The van der Waals surface area contributed by atoms with Crippen molar-refractivity contribution in [2.45, 2.75) is 34.2 Å². The van der Waals surface area contributed by atoms with Gasteiger partial charge < -0.3 is 4.57 Å². The SMILES string of the molecule is CC(=O)c1cnc(C)n1CC(C)C. The zero-order chi connectivity index (χ0) is 10.0. The Labute approximate surface area is 78.8 Å². The number of hydrogen-bond donors (Lipinski definition) is 0. The number of carbonyl (C=O) groups is 1. The van der Waals surface area contributed by atoms with Crippen LogP contribution in [0.1, 0.15) is 37.1 Å². The molecule has 3 nitrogen and oxygen atoms in total. The molecule has 1 rings (SSSR count). The number of imidazole rings is 1. The largest absolute Gasteiger partial charge is 0.326 e. The predicted octanol–water partition coefficient (Wildman–Crippen LogP) is 2.05. The van der Waals surface area contributed by atoms with E-state index in [1.54, 1.807) is 13.1 Å². The summed E-state index contributed by atoms with van der Waals surface area (Å²) in [5, 5.41) is 0. The van der Waals surface area contributed by atoms with Crippen LogP contribution in [0.15, 0.2) is 6.20 Å². The Balaban J connectivity index is 3.01. The first-order valence-electron chi connectivity index (χ1n) is 4.55. The van der Waals surface area contributed by atoms with E-state index in [2.05, 4.69) is 18.8 Å². The lowest BCUT2D eigenvalue weighted by molar-refractivity contribution is 0.100. The molecule has 72 valence electrons. The van der Waals surface area contributed by atoms with Crippen LogP contribution < -0.4 is 0 Å². The van der Waals surface area contributed by atoms with E-state index in [0.717, 1.165) is 12.4 Å². The molecule has 0 saturated carbocycles. The lowest BCUT2D eigenvalue weighted by Crippen LogP contribution is -2.12. The minimum Gasteiger partial charge on any atom is -0.326 e. The van der Waals surface area contributed by atoms with E-state index in [-0.39, 0.29) is 5.78 Å². The molecule has 3 heteroatoms. The lowest BCUT2D eigenvalue weighted by atomic mass is 10.2. The zero-order valence-corrected chi connectivity index (χ0v) is 8.66. The molecule has 0 fully saturated rings. The third kappa shape index (κ3) is 2.17. The summed E-state index contributed by atoms with van der Waals surface area (Å²) >= 11 is 0. The van der Waals surface area contributed by atoms with Gasteiger partial charge in [0, 0.05) is 13.5 Å². The van der Waals surface area contributed by atoms with E-state index in [9.17, 15) is 4.79 Å². The molecule has 0 atom stereocenters. The van der Waals surface area contributed by atoms with Crippen molar-refractivity contribution in [2.75, 3.05) is 0 Å². The Morgan fingerprint density at radius 1 is 1.62 bits per heavy atom. The van der Waals surface area contributed by atoms with Crippen LogP contribution >= 0.6 is 0 Å². The average Bonchev–Trinajstić information content (AvgIpc) is 2.32. The molecule has 0 aliphatic heterocycles. The minimum absolute atomic E-state index is 0.0845. The molecule has 0 aliphatic carbocycles. The predicted molar refractivity (Wildman–Crippen MR) is 51.8 cm³/mol. The summed E-state index contributed by atoms with van der Waals surface area (Å²) < 4.78 is 1.98. The van der Waals surface area contributed by atoms with Crippen LogP contribution in [-0.2, 0) is 6.54 Å². The highest BCUT2D eigenvalue weighted by molar-refractivity contribution is 5.92. The highest BCUT2D eigenvalue weighted by atomic mass is 16.1. The van der Waals surface area contributed by atoms with Crippen molar-refractivity contribution in [1.29, 1.82) is 0 Å². The van der Waals surface area contributed by atoms with E-state index in [4.69, 9.17) is 0 Å². The maximum absolute atomic E-state index is 11.2. The summed E-state index contributed by atoms with van der Waals surface area (Å²) in [5.74, 6) is 1.53. The van der Waals surface area contributed by atoms with E-state index in [0.29, 0.717) is 11.6 Å². The zero-order valence-electron chi connectivity index (χ0n) is 8.66. The van der Waals surface area contributed by atoms with Gasteiger partial charge in [-0.1, -0.05) is 13.8 Å². The topological polar surface area (TPSA) is 34.9 Å². The van der Waals surface area contributed by atoms with Gasteiger partial charge in [0.25, 0.3) is 0 Å². The Bertz CT molecular complexity index is 313. The molecule has 13 heavy (non-hydrogen) atoms. The van der Waals surface area contributed by atoms with Crippen LogP contribution in [0.2, 0.25) is 0 Å². The molecule has 1 aromatic rings. The van der Waals surface area contributed by atoms with Crippen molar-refractivity contribution in [3.05, 3.63) is 17.7 Å². The molecule has 0 aliphatic rings. The Hall–Kier alpha value is -1.12. The fourth-order valence-corrected chi connectivity index (χ4v) is 1.34. The molecule has 0 saturated heterocycles. The van der Waals surface area contributed by atoms with Gasteiger partial charge in [0.2, 0.25) is 0 Å². The Morgan fingerprint density at radius 2 is 2.23 bits per heavy atom. The number of aryl methyl sites for hydroxylation is 1. The van der Waals surface area contributed by atoms with Crippen molar-refractivity contribution in [1.82, 2.24) is 9.55 Å². The summed E-state index contributed by atoms with van der Waals surface area (Å²) in [5.41, 5.74) is 0.714. The van der Waals surface area contributed by atoms with E-state index in [1.165, 1.54) is 0 Å². The van der Waals surface area contributed by atoms with Gasteiger partial charge in [-0.2, -0.15) is 0 Å². The van der Waals surface area contributed by atoms with Gasteiger partial charge in [-0.05, 0) is 12.8 Å². The van der Waals surface area contributed by atoms with Gasteiger partial charge >= 0.3 is 0 Å². The molecular formula is C10H16N2O. The number of hydrogen-bond acceptors (Lipinski definition) is 2. The second kappa shape index (κ2) is 3.73. The van der Waals surface area contributed by atoms with Gasteiger partial charge in [0.1, 0.15) is 11.5 Å². The maximum atomic E-state index is 11.2. The van der Waals surface area contributed by atoms with Crippen molar-refractivity contribution in [3.8, 4) is 0 Å². The number of ketones is 1. The highest BCUT2D eigenvalue weighted by Crippen LogP contribution is 2.09. The normalized spacial score (nSPS) is 10.8. The molecule has 0 bridgehead atoms. The second-order valence-electron chi connectivity index (χ2n) is 3.75. The van der Waals surface area contributed by atoms with Crippen LogP contribution in [-0.4, -0.2) is 15.3 Å². The third-order valence-corrected chi connectivity index (χ3v) is 1.96. The van der Waals surface area contributed by atoms with Gasteiger partial charge in [-0.25, -0.2) is 4.98 Å². The average molecular weight is 180 g/mol. The summed E-state index contributed by atoms with van der Waals surface area (Å²) in [6.07, 6.45) is 1.65. The van der Waals surface area contributed by atoms with Crippen molar-refractivity contribution < 1.29 is 4.79 Å². The number of rotatable bonds is 3. The van der Waals surface area contributed by atoms with Crippen LogP contribution in [0.5, 0.6) is 0 Å². The first kappa shape index (κ1) is 9.96. The molecule has 0 aromatic carbocycles. The highest BCUT2D eigenvalue weighted by Gasteiger charge is 2.10. The van der Waals surface area contributed by atoms with Crippen molar-refractivity contribution in [3.63, 3.8) is 0 Å². The third-order valence-electron chi connectivity index (χ3n) is 1.96. The van der Waals surface area contributed by atoms with Crippen LogP contribution in [0.3, 0.4) is 0 Å². The van der Waals surface area contributed by atoms with Crippen molar-refractivity contribution >= 4 is 5.78 Å². The molecule has 0 N–H and O–H groups in total. The van der Waals surface area contributed by atoms with Crippen molar-refractivity contribution in [2.24, 2.45) is 5.92 Å². The monoisotopic (exact) mass is 180 g/mol. The number of Topliss-reactive ketones (excluding diaryl/α,β-unsaturated/α-hetero) is 1. The quantitative estimate of drug-likeness (QED) is 0.667. The number of nitrogens with zero attached hydrogens (tertiary/aromatic N) is 2. The van der Waals surface area contributed by atoms with Crippen LogP contribution in [0.25, 0.3) is 0 Å². The fourth-order valence-electron chi connectivity index (χ4n) is 1.34. The smallest absolute Gasteiger partial charge is 0.177 e. The summed E-state index contributed by atoms with van der Waals surface area (Å²) in [4.78, 5) is 15.3. The van der Waals surface area contributed by atoms with Crippen LogP contribution in [0.4, 0.5) is 0 Å². The van der Waals surface area contributed by atoms with E-state index in [1.807, 2.05) is 11.5 Å².